The van der Waals surface area contributed by atoms with Gasteiger partial charge in [0.1, 0.15) is 0 Å². The van der Waals surface area contributed by atoms with Crippen molar-refractivity contribution in [3.63, 3.8) is 0 Å². The second kappa shape index (κ2) is 13.8. The number of benzene rings is 9. The van der Waals surface area contributed by atoms with Gasteiger partial charge in [-0.3, -0.25) is 0 Å². The van der Waals surface area contributed by atoms with Gasteiger partial charge in [0.15, 0.2) is 5.82 Å². The van der Waals surface area contributed by atoms with E-state index in [9.17, 15) is 0 Å². The second-order valence-electron chi connectivity index (χ2n) is 15.4. The highest BCUT2D eigenvalue weighted by Crippen LogP contribution is 2.42. The molecule has 3 aromatic heterocycles. The van der Waals surface area contributed by atoms with Crippen LogP contribution in [0.15, 0.2) is 218 Å². The first-order valence-corrected chi connectivity index (χ1v) is 20.4. The van der Waals surface area contributed by atoms with Gasteiger partial charge in [0.2, 0.25) is 0 Å². The van der Waals surface area contributed by atoms with Gasteiger partial charge in [-0.05, 0) is 82.6 Å². The van der Waals surface area contributed by atoms with Crippen LogP contribution in [0.1, 0.15) is 0 Å². The summed E-state index contributed by atoms with van der Waals surface area (Å²) < 4.78 is 4.83. The van der Waals surface area contributed by atoms with Gasteiger partial charge in [0.05, 0.1) is 33.5 Å². The van der Waals surface area contributed by atoms with Crippen molar-refractivity contribution < 1.29 is 0 Å². The molecule has 0 aliphatic heterocycles. The van der Waals surface area contributed by atoms with E-state index in [0.717, 1.165) is 44.8 Å². The van der Waals surface area contributed by atoms with Crippen molar-refractivity contribution in [1.29, 1.82) is 0 Å². The summed E-state index contributed by atoms with van der Waals surface area (Å²) in [5.41, 5.74) is 14.2. The summed E-state index contributed by atoms with van der Waals surface area (Å²) in [5.74, 6) is 0.703. The predicted octanol–water partition coefficient (Wildman–Crippen LogP) is 14.5. The predicted molar refractivity (Wildman–Crippen MR) is 250 cm³/mol. The number of rotatable bonds is 6. The van der Waals surface area contributed by atoms with E-state index < -0.39 is 0 Å². The van der Waals surface area contributed by atoms with Gasteiger partial charge in [-0.25, -0.2) is 9.97 Å². The van der Waals surface area contributed by atoms with E-state index in [1.807, 2.05) is 24.3 Å². The molecule has 0 spiro atoms. The molecule has 280 valence electrons. The molecule has 0 fully saturated rings. The van der Waals surface area contributed by atoms with E-state index in [2.05, 4.69) is 203 Å². The highest BCUT2D eigenvalue weighted by molar-refractivity contribution is 6.29. The second-order valence-corrected chi connectivity index (χ2v) is 15.4. The molecule has 0 aliphatic rings. The fourth-order valence-corrected chi connectivity index (χ4v) is 9.11. The van der Waals surface area contributed by atoms with Gasteiger partial charge in [-0.15, -0.1) is 0 Å². The number of hydrogen-bond acceptors (Lipinski definition) is 2. The molecule has 3 heterocycles. The lowest BCUT2D eigenvalue weighted by Gasteiger charge is -2.12. The molecule has 12 rings (SSSR count). The summed E-state index contributed by atoms with van der Waals surface area (Å²) in [6.45, 7) is 0. The maximum atomic E-state index is 5.18. The van der Waals surface area contributed by atoms with Crippen LogP contribution in [0.4, 0.5) is 0 Å². The minimum atomic E-state index is 0.703. The molecule has 0 saturated carbocycles. The zero-order valence-corrected chi connectivity index (χ0v) is 32.6. The van der Waals surface area contributed by atoms with Crippen LogP contribution < -0.4 is 0 Å². The minimum Gasteiger partial charge on any atom is -0.309 e. The van der Waals surface area contributed by atoms with Gasteiger partial charge in [0, 0.05) is 49.6 Å². The molecule has 9 aromatic carbocycles. The summed E-state index contributed by atoms with van der Waals surface area (Å²) in [6, 6.07) is 77.9. The lowest BCUT2D eigenvalue weighted by Crippen LogP contribution is -1.96. The smallest absolute Gasteiger partial charge is 0.160 e. The van der Waals surface area contributed by atoms with Gasteiger partial charge < -0.3 is 9.13 Å². The van der Waals surface area contributed by atoms with Crippen LogP contribution in [0.5, 0.6) is 0 Å². The summed E-state index contributed by atoms with van der Waals surface area (Å²) in [4.78, 5) is 10.3. The van der Waals surface area contributed by atoms with Crippen LogP contribution in [0.3, 0.4) is 0 Å². The Morgan fingerprint density at radius 1 is 0.283 bits per heavy atom. The van der Waals surface area contributed by atoms with Gasteiger partial charge in [-0.1, -0.05) is 158 Å². The monoisotopic (exact) mass is 764 g/mol. The lowest BCUT2D eigenvalue weighted by atomic mass is 10.0. The summed E-state index contributed by atoms with van der Waals surface area (Å²) in [6.07, 6.45) is 0. The fourth-order valence-electron chi connectivity index (χ4n) is 9.11. The fraction of sp³-hybridized carbons (Fsp3) is 0. The molecular weight excluding hydrogens is 729 g/mol. The Morgan fingerprint density at radius 2 is 0.767 bits per heavy atom. The molecule has 4 nitrogen and oxygen atoms in total. The van der Waals surface area contributed by atoms with E-state index >= 15 is 0 Å². The molecular formula is C56H36N4. The maximum absolute atomic E-state index is 5.18. The van der Waals surface area contributed by atoms with Crippen molar-refractivity contribution in [3.05, 3.63) is 218 Å². The largest absolute Gasteiger partial charge is 0.309 e. The Kier molecular flexibility index (Phi) is 7.82. The van der Waals surface area contributed by atoms with Crippen LogP contribution >= 0.6 is 0 Å². The molecule has 0 amide bonds. The normalized spacial score (nSPS) is 11.7. The van der Waals surface area contributed by atoms with Crippen LogP contribution in [-0.2, 0) is 0 Å². The van der Waals surface area contributed by atoms with Crippen molar-refractivity contribution in [2.75, 3.05) is 0 Å². The van der Waals surface area contributed by atoms with Crippen molar-refractivity contribution in [3.8, 4) is 56.4 Å². The molecule has 4 heteroatoms. The first-order valence-electron chi connectivity index (χ1n) is 20.4. The van der Waals surface area contributed by atoms with Crippen LogP contribution in [0, 0.1) is 0 Å². The number of nitrogens with zero attached hydrogens (tertiary/aromatic N) is 4. The van der Waals surface area contributed by atoms with Crippen molar-refractivity contribution >= 4 is 54.4 Å². The van der Waals surface area contributed by atoms with Gasteiger partial charge in [0.25, 0.3) is 0 Å². The molecule has 12 aromatic rings. The van der Waals surface area contributed by atoms with Crippen molar-refractivity contribution in [2.24, 2.45) is 0 Å². The molecule has 0 saturated heterocycles. The Morgan fingerprint density at radius 3 is 1.42 bits per heavy atom. The van der Waals surface area contributed by atoms with Crippen molar-refractivity contribution in [2.45, 2.75) is 0 Å². The number of aromatic nitrogens is 4. The third kappa shape index (κ3) is 5.53. The highest BCUT2D eigenvalue weighted by atomic mass is 15.0. The highest BCUT2D eigenvalue weighted by Gasteiger charge is 2.20. The summed E-state index contributed by atoms with van der Waals surface area (Å²) in [5, 5.41) is 7.34. The van der Waals surface area contributed by atoms with E-state index in [0.29, 0.717) is 5.82 Å². The first kappa shape index (κ1) is 34.0. The number of para-hydroxylation sites is 3. The lowest BCUT2D eigenvalue weighted by molar-refractivity contribution is 1.17. The van der Waals surface area contributed by atoms with Crippen LogP contribution in [0.25, 0.3) is 111 Å². The quantitative estimate of drug-likeness (QED) is 0.169. The topological polar surface area (TPSA) is 35.6 Å². The molecule has 0 unspecified atom stereocenters. The average Bonchev–Trinajstić information content (AvgIpc) is 3.85. The first-order chi connectivity index (χ1) is 29.7. The maximum Gasteiger partial charge on any atom is 0.160 e. The van der Waals surface area contributed by atoms with Crippen LogP contribution in [0.2, 0.25) is 0 Å². The van der Waals surface area contributed by atoms with Gasteiger partial charge >= 0.3 is 0 Å². The molecule has 0 bridgehead atoms. The third-order valence-corrected chi connectivity index (χ3v) is 11.9. The molecule has 0 aliphatic carbocycles. The molecule has 0 atom stereocenters. The molecule has 0 radical (unpaired) electrons. The zero-order chi connectivity index (χ0) is 39.6. The Balaban J connectivity index is 1.02. The summed E-state index contributed by atoms with van der Waals surface area (Å²) in [7, 11) is 0. The van der Waals surface area contributed by atoms with Crippen molar-refractivity contribution in [1.82, 2.24) is 19.1 Å². The SMILES string of the molecule is c1ccc(-c2ccc(-c3cc(-c4ccc5ccc(-n6c7ccccc7c7c8c9ccccc9n(-c9ccccc9)c8ccc76)cc5c4)nc(-c4ccccc4)n3)cc2)cc1. The van der Waals surface area contributed by atoms with Gasteiger partial charge in [-0.2, -0.15) is 0 Å². The zero-order valence-electron chi connectivity index (χ0n) is 32.6. The van der Waals surface area contributed by atoms with Crippen LogP contribution in [-0.4, -0.2) is 19.1 Å². The minimum absolute atomic E-state index is 0.703. The third-order valence-electron chi connectivity index (χ3n) is 11.9. The van der Waals surface area contributed by atoms with E-state index in [4.69, 9.17) is 9.97 Å². The van der Waals surface area contributed by atoms with E-state index in [-0.39, 0.29) is 0 Å². The average molecular weight is 765 g/mol. The molecule has 60 heavy (non-hydrogen) atoms. The number of fused-ring (bicyclic) bond motifs is 8. The Bertz CT molecular complexity index is 3570. The molecule has 0 N–H and O–H groups in total. The number of hydrogen-bond donors (Lipinski definition) is 0. The standard InChI is InChI=1S/C56H36N4/c1-4-14-37(15-5-1)38-24-27-40(28-25-38)48-36-49(58-56(57-48)41-16-6-2-7-17-41)42-29-26-39-30-31-45(35-43(39)34-42)60-51-23-13-11-21-47(51)55-53(60)33-32-52-54(55)46-20-10-12-22-50(46)59(52)44-18-8-3-9-19-44/h1-36H. The van der Waals surface area contributed by atoms with E-state index in [1.54, 1.807) is 0 Å². The Labute approximate surface area is 346 Å². The Hall–Kier alpha value is -8.08. The summed E-state index contributed by atoms with van der Waals surface area (Å²) >= 11 is 0. The van der Waals surface area contributed by atoms with E-state index in [1.165, 1.54) is 60.1 Å².